The summed E-state index contributed by atoms with van der Waals surface area (Å²) in [6, 6.07) is 25.8. The monoisotopic (exact) mass is 551 g/mol. The number of benzene rings is 3. The van der Waals surface area contributed by atoms with Crippen LogP contribution in [0.15, 0.2) is 84.9 Å². The number of fused-ring (bicyclic) bond motifs is 1. The van der Waals surface area contributed by atoms with Crippen molar-refractivity contribution in [1.29, 1.82) is 0 Å². The molecule has 2 amide bonds. The lowest BCUT2D eigenvalue weighted by Gasteiger charge is -2.34. The number of para-hydroxylation sites is 2. The number of hydrogen-bond donors (Lipinski definition) is 2. The molecule has 5 nitrogen and oxygen atoms in total. The second kappa shape index (κ2) is 9.39. The van der Waals surface area contributed by atoms with Gasteiger partial charge < -0.3 is 10.3 Å². The van der Waals surface area contributed by atoms with Crippen LogP contribution in [0.25, 0.3) is 10.9 Å². The van der Waals surface area contributed by atoms with Crippen LogP contribution in [0.3, 0.4) is 0 Å². The van der Waals surface area contributed by atoms with E-state index in [0.717, 1.165) is 20.0 Å². The molecule has 3 aromatic carbocycles. The van der Waals surface area contributed by atoms with Crippen LogP contribution >= 0.6 is 22.6 Å². The molecule has 33 heavy (non-hydrogen) atoms. The zero-order valence-corrected chi connectivity index (χ0v) is 21.0. The molecule has 6 heteroatoms. The summed E-state index contributed by atoms with van der Waals surface area (Å²) in [5, 5.41) is 4.02. The highest BCUT2D eigenvalue weighted by Crippen LogP contribution is 2.33. The molecule has 0 saturated carbocycles. The van der Waals surface area contributed by atoms with Gasteiger partial charge in [0.25, 0.3) is 5.91 Å². The van der Waals surface area contributed by atoms with Crippen LogP contribution in [-0.2, 0) is 4.79 Å². The van der Waals surface area contributed by atoms with Crippen LogP contribution in [0.1, 0.15) is 42.9 Å². The molecule has 4 aromatic rings. The third-order valence-corrected chi connectivity index (χ3v) is 6.12. The largest absolute Gasteiger partial charge is 0.351 e. The Labute approximate surface area is 207 Å². The highest BCUT2D eigenvalue weighted by atomic mass is 127. The van der Waals surface area contributed by atoms with Gasteiger partial charge in [-0.05, 0) is 73.2 Å². The van der Waals surface area contributed by atoms with E-state index in [-0.39, 0.29) is 11.8 Å². The van der Waals surface area contributed by atoms with Gasteiger partial charge in [0.1, 0.15) is 11.7 Å². The van der Waals surface area contributed by atoms with Crippen LogP contribution in [0.5, 0.6) is 0 Å². The molecular weight excluding hydrogens is 525 g/mol. The van der Waals surface area contributed by atoms with Crippen molar-refractivity contribution in [2.75, 3.05) is 4.90 Å². The SMILES string of the molecule is CC(C)(C)NC(=O)C(c1ccccc1)N(C(=O)c1cc2ccccc2[nH]1)c1ccccc1I. The average molecular weight is 551 g/mol. The molecule has 0 bridgehead atoms. The standard InChI is InChI=1S/C27H26IN3O2/c1-27(2,3)30-25(32)24(18-11-5-4-6-12-18)31(23-16-10-8-14-20(23)28)26(33)22-17-19-13-7-9-15-21(19)29-22/h4-17,24,29H,1-3H3,(H,30,32). The normalized spacial score (nSPS) is 12.4. The quantitative estimate of drug-likeness (QED) is 0.296. The minimum Gasteiger partial charge on any atom is -0.351 e. The fraction of sp³-hybridized carbons (Fsp3) is 0.185. The van der Waals surface area contributed by atoms with Crippen molar-refractivity contribution in [1.82, 2.24) is 10.3 Å². The first-order valence-corrected chi connectivity index (χ1v) is 11.9. The predicted octanol–water partition coefficient (Wildman–Crippen LogP) is 6.08. The summed E-state index contributed by atoms with van der Waals surface area (Å²) < 4.78 is 0.879. The number of nitrogens with zero attached hydrogens (tertiary/aromatic N) is 1. The first kappa shape index (κ1) is 23.0. The number of nitrogens with one attached hydrogen (secondary N) is 2. The second-order valence-corrected chi connectivity index (χ2v) is 10.1. The summed E-state index contributed by atoms with van der Waals surface area (Å²) in [7, 11) is 0. The minimum absolute atomic E-state index is 0.238. The van der Waals surface area contributed by atoms with Crippen molar-refractivity contribution in [3.63, 3.8) is 0 Å². The van der Waals surface area contributed by atoms with Gasteiger partial charge in [0.2, 0.25) is 5.91 Å². The van der Waals surface area contributed by atoms with Crippen LogP contribution in [0, 0.1) is 3.57 Å². The van der Waals surface area contributed by atoms with E-state index in [1.807, 2.05) is 106 Å². The zero-order valence-electron chi connectivity index (χ0n) is 18.8. The zero-order chi connectivity index (χ0) is 23.6. The van der Waals surface area contributed by atoms with Gasteiger partial charge in [-0.15, -0.1) is 0 Å². The second-order valence-electron chi connectivity index (χ2n) is 8.95. The summed E-state index contributed by atoms with van der Waals surface area (Å²) in [4.78, 5) is 32.6. The molecule has 1 atom stereocenters. The molecule has 1 aromatic heterocycles. The van der Waals surface area contributed by atoms with Gasteiger partial charge >= 0.3 is 0 Å². The molecular formula is C27H26IN3O2. The van der Waals surface area contributed by atoms with Gasteiger partial charge in [0.05, 0.1) is 5.69 Å². The summed E-state index contributed by atoms with van der Waals surface area (Å²) >= 11 is 2.21. The molecule has 4 rings (SSSR count). The lowest BCUT2D eigenvalue weighted by Crippen LogP contribution is -2.49. The third kappa shape index (κ3) is 5.11. The number of carbonyl (C=O) groups is 2. The Morgan fingerprint density at radius 1 is 0.909 bits per heavy atom. The molecule has 168 valence electrons. The number of anilines is 1. The predicted molar refractivity (Wildman–Crippen MR) is 141 cm³/mol. The van der Waals surface area contributed by atoms with Crippen molar-refractivity contribution in [3.8, 4) is 0 Å². The number of hydrogen-bond acceptors (Lipinski definition) is 2. The molecule has 0 saturated heterocycles. The van der Waals surface area contributed by atoms with Crippen molar-refractivity contribution in [3.05, 3.63) is 99.8 Å². The minimum atomic E-state index is -0.847. The fourth-order valence-electron chi connectivity index (χ4n) is 3.82. The summed E-state index contributed by atoms with van der Waals surface area (Å²) in [6.07, 6.45) is 0. The summed E-state index contributed by atoms with van der Waals surface area (Å²) in [6.45, 7) is 5.80. The first-order valence-electron chi connectivity index (χ1n) is 10.8. The summed E-state index contributed by atoms with van der Waals surface area (Å²) in [5.41, 5.74) is 2.27. The highest BCUT2D eigenvalue weighted by Gasteiger charge is 2.36. The highest BCUT2D eigenvalue weighted by molar-refractivity contribution is 14.1. The number of aromatic amines is 1. The van der Waals surface area contributed by atoms with Crippen LogP contribution in [-0.4, -0.2) is 22.3 Å². The van der Waals surface area contributed by atoms with E-state index in [9.17, 15) is 9.59 Å². The maximum atomic E-state index is 14.1. The Morgan fingerprint density at radius 2 is 1.55 bits per heavy atom. The van der Waals surface area contributed by atoms with Crippen molar-refractivity contribution < 1.29 is 9.59 Å². The molecule has 0 radical (unpaired) electrons. The van der Waals surface area contributed by atoms with E-state index < -0.39 is 11.6 Å². The number of rotatable bonds is 5. The van der Waals surface area contributed by atoms with Crippen molar-refractivity contribution in [2.45, 2.75) is 32.4 Å². The Hall–Kier alpha value is -3.13. The summed E-state index contributed by atoms with van der Waals surface area (Å²) in [5.74, 6) is -0.508. The van der Waals surface area contributed by atoms with E-state index in [1.54, 1.807) is 4.90 Å². The average Bonchev–Trinajstić information content (AvgIpc) is 3.21. The Balaban J connectivity index is 1.90. The van der Waals surface area contributed by atoms with E-state index in [4.69, 9.17) is 0 Å². The lowest BCUT2D eigenvalue weighted by atomic mass is 10.0. The number of amides is 2. The van der Waals surface area contributed by atoms with Crippen LogP contribution < -0.4 is 10.2 Å². The van der Waals surface area contributed by atoms with E-state index >= 15 is 0 Å². The maximum absolute atomic E-state index is 14.1. The number of carbonyl (C=O) groups excluding carboxylic acids is 2. The third-order valence-electron chi connectivity index (χ3n) is 5.21. The fourth-order valence-corrected chi connectivity index (χ4v) is 4.47. The van der Waals surface area contributed by atoms with Gasteiger partial charge in [0, 0.05) is 20.0 Å². The molecule has 0 aliphatic heterocycles. The molecule has 0 aliphatic carbocycles. The van der Waals surface area contributed by atoms with Gasteiger partial charge in [0.15, 0.2) is 0 Å². The Kier molecular flexibility index (Phi) is 6.56. The van der Waals surface area contributed by atoms with Gasteiger partial charge in [-0.2, -0.15) is 0 Å². The molecule has 0 aliphatic rings. The van der Waals surface area contributed by atoms with E-state index in [1.165, 1.54) is 0 Å². The van der Waals surface area contributed by atoms with E-state index in [0.29, 0.717) is 11.4 Å². The van der Waals surface area contributed by atoms with E-state index in [2.05, 4.69) is 32.9 Å². The van der Waals surface area contributed by atoms with Crippen molar-refractivity contribution in [2.24, 2.45) is 0 Å². The smallest absolute Gasteiger partial charge is 0.275 e. The maximum Gasteiger partial charge on any atom is 0.275 e. The molecule has 2 N–H and O–H groups in total. The number of halogens is 1. The van der Waals surface area contributed by atoms with Gasteiger partial charge in [-0.1, -0.05) is 60.7 Å². The Bertz CT molecular complexity index is 1260. The van der Waals surface area contributed by atoms with Gasteiger partial charge in [-0.25, -0.2) is 0 Å². The number of H-pyrrole nitrogens is 1. The lowest BCUT2D eigenvalue weighted by molar-refractivity contribution is -0.123. The van der Waals surface area contributed by atoms with Gasteiger partial charge in [-0.3, -0.25) is 14.5 Å². The van der Waals surface area contributed by atoms with Crippen molar-refractivity contribution >= 4 is 51.0 Å². The first-order chi connectivity index (χ1) is 15.7. The molecule has 1 heterocycles. The number of aromatic nitrogens is 1. The molecule has 1 unspecified atom stereocenters. The van der Waals surface area contributed by atoms with Crippen LogP contribution in [0.4, 0.5) is 5.69 Å². The topological polar surface area (TPSA) is 65.2 Å². The molecule has 0 fully saturated rings. The molecule has 0 spiro atoms. The Morgan fingerprint density at radius 3 is 2.21 bits per heavy atom. The van der Waals surface area contributed by atoms with Crippen LogP contribution in [0.2, 0.25) is 0 Å².